The lowest BCUT2D eigenvalue weighted by Gasteiger charge is -2.12. The molecule has 3 rings (SSSR count). The second-order valence-corrected chi connectivity index (χ2v) is 6.11. The number of hydrogen-bond donors (Lipinski definition) is 2. The molecule has 1 aromatic heterocycles. The second-order valence-electron chi connectivity index (χ2n) is 5.70. The van der Waals surface area contributed by atoms with Crippen LogP contribution in [0, 0.1) is 13.8 Å². The average molecular weight is 344 g/mol. The standard InChI is InChI=1S/C18H18ClN3O2/c1-10-6-16(17(24-3)9-13(10)19)22-18(23)8-12-4-5-14-15(7-12)21-11(2)20-14/h4-7,9H,8H2,1-3H3,(H,20,21)(H,22,23). The topological polar surface area (TPSA) is 67.0 Å². The number of nitrogens with zero attached hydrogens (tertiary/aromatic N) is 1. The first-order chi connectivity index (χ1) is 11.5. The SMILES string of the molecule is COc1cc(Cl)c(C)cc1NC(=O)Cc1ccc2nc(C)[nH]c2c1. The number of aromatic nitrogens is 2. The largest absolute Gasteiger partial charge is 0.495 e. The minimum atomic E-state index is -0.120. The third kappa shape index (κ3) is 3.36. The van der Waals surface area contributed by atoms with Crippen molar-refractivity contribution in [3.05, 3.63) is 52.3 Å². The van der Waals surface area contributed by atoms with Gasteiger partial charge in [0.25, 0.3) is 0 Å². The van der Waals surface area contributed by atoms with Crippen molar-refractivity contribution < 1.29 is 9.53 Å². The van der Waals surface area contributed by atoms with Crippen LogP contribution in [0.15, 0.2) is 30.3 Å². The maximum absolute atomic E-state index is 12.4. The normalized spacial score (nSPS) is 10.8. The van der Waals surface area contributed by atoms with Crippen LogP contribution in [0.3, 0.4) is 0 Å². The highest BCUT2D eigenvalue weighted by Gasteiger charge is 2.11. The number of imidazole rings is 1. The molecule has 6 heteroatoms. The number of anilines is 1. The maximum atomic E-state index is 12.4. The van der Waals surface area contributed by atoms with Gasteiger partial charge >= 0.3 is 0 Å². The number of ether oxygens (including phenoxy) is 1. The highest BCUT2D eigenvalue weighted by molar-refractivity contribution is 6.31. The first-order valence-corrected chi connectivity index (χ1v) is 7.93. The Kier molecular flexibility index (Phi) is 4.44. The molecule has 3 aromatic rings. The number of carbonyl (C=O) groups excluding carboxylic acids is 1. The Labute approximate surface area is 145 Å². The number of rotatable bonds is 4. The fraction of sp³-hybridized carbons (Fsp3) is 0.222. The molecule has 24 heavy (non-hydrogen) atoms. The van der Waals surface area contributed by atoms with Crippen LogP contribution in [-0.4, -0.2) is 23.0 Å². The van der Waals surface area contributed by atoms with Crippen LogP contribution in [0.2, 0.25) is 5.02 Å². The van der Waals surface area contributed by atoms with E-state index in [2.05, 4.69) is 15.3 Å². The summed E-state index contributed by atoms with van der Waals surface area (Å²) in [5, 5.41) is 3.48. The van der Waals surface area contributed by atoms with E-state index in [1.54, 1.807) is 19.2 Å². The van der Waals surface area contributed by atoms with Crippen LogP contribution in [0.1, 0.15) is 17.0 Å². The van der Waals surface area contributed by atoms with Gasteiger partial charge in [0.15, 0.2) is 0 Å². The summed E-state index contributed by atoms with van der Waals surface area (Å²) in [6.07, 6.45) is 0.263. The molecule has 1 amide bonds. The molecule has 0 aliphatic carbocycles. The van der Waals surface area contributed by atoms with Crippen LogP contribution in [0.5, 0.6) is 5.75 Å². The van der Waals surface area contributed by atoms with Gasteiger partial charge in [-0.25, -0.2) is 4.98 Å². The lowest BCUT2D eigenvalue weighted by Crippen LogP contribution is -2.15. The quantitative estimate of drug-likeness (QED) is 0.751. The average Bonchev–Trinajstić information content (AvgIpc) is 2.90. The summed E-state index contributed by atoms with van der Waals surface area (Å²) in [6, 6.07) is 9.27. The number of aryl methyl sites for hydroxylation is 2. The molecule has 1 heterocycles. The first-order valence-electron chi connectivity index (χ1n) is 7.55. The molecule has 0 aliphatic rings. The number of H-pyrrole nitrogens is 1. The predicted molar refractivity (Wildman–Crippen MR) is 95.9 cm³/mol. The van der Waals surface area contributed by atoms with Gasteiger partial charge in [0.1, 0.15) is 11.6 Å². The summed E-state index contributed by atoms with van der Waals surface area (Å²) in [6.45, 7) is 3.79. The molecular formula is C18H18ClN3O2. The first kappa shape index (κ1) is 16.3. The van der Waals surface area contributed by atoms with Gasteiger partial charge in [-0.2, -0.15) is 0 Å². The maximum Gasteiger partial charge on any atom is 0.228 e. The Morgan fingerprint density at radius 3 is 2.83 bits per heavy atom. The fourth-order valence-electron chi connectivity index (χ4n) is 2.60. The Balaban J connectivity index is 1.78. The smallest absolute Gasteiger partial charge is 0.228 e. The monoisotopic (exact) mass is 343 g/mol. The number of hydrogen-bond acceptors (Lipinski definition) is 3. The van der Waals surface area contributed by atoms with E-state index in [1.807, 2.05) is 32.0 Å². The van der Waals surface area contributed by atoms with E-state index in [0.29, 0.717) is 16.5 Å². The zero-order valence-electron chi connectivity index (χ0n) is 13.7. The number of nitrogens with one attached hydrogen (secondary N) is 2. The lowest BCUT2D eigenvalue weighted by atomic mass is 10.1. The molecule has 0 spiro atoms. The van der Waals surface area contributed by atoms with Gasteiger partial charge in [0.05, 0.1) is 30.3 Å². The highest BCUT2D eigenvalue weighted by atomic mass is 35.5. The third-order valence-electron chi connectivity index (χ3n) is 3.78. The van der Waals surface area contributed by atoms with Gasteiger partial charge in [-0.3, -0.25) is 4.79 Å². The van der Waals surface area contributed by atoms with Crippen molar-refractivity contribution in [2.45, 2.75) is 20.3 Å². The Bertz CT molecular complexity index is 918. The van der Waals surface area contributed by atoms with Crippen molar-refractivity contribution >= 4 is 34.2 Å². The molecule has 0 fully saturated rings. The predicted octanol–water partition coefficient (Wildman–Crippen LogP) is 4.02. The summed E-state index contributed by atoms with van der Waals surface area (Å²) in [5.74, 6) is 1.28. The van der Waals surface area contributed by atoms with Crippen molar-refractivity contribution in [1.82, 2.24) is 9.97 Å². The van der Waals surface area contributed by atoms with E-state index >= 15 is 0 Å². The van der Waals surface area contributed by atoms with Gasteiger partial charge < -0.3 is 15.0 Å². The molecule has 0 saturated carbocycles. The number of fused-ring (bicyclic) bond motifs is 1. The molecular weight excluding hydrogens is 326 g/mol. The minimum absolute atomic E-state index is 0.120. The van der Waals surface area contributed by atoms with Crippen molar-refractivity contribution in [3.8, 4) is 5.75 Å². The Hall–Kier alpha value is -2.53. The fourth-order valence-corrected chi connectivity index (χ4v) is 2.76. The van der Waals surface area contributed by atoms with Crippen LogP contribution >= 0.6 is 11.6 Å². The molecule has 0 radical (unpaired) electrons. The molecule has 0 atom stereocenters. The number of methoxy groups -OCH3 is 1. The number of carbonyl (C=O) groups is 1. The van der Waals surface area contributed by atoms with Crippen molar-refractivity contribution in [2.24, 2.45) is 0 Å². The molecule has 5 nitrogen and oxygen atoms in total. The Morgan fingerprint density at radius 1 is 1.29 bits per heavy atom. The summed E-state index contributed by atoms with van der Waals surface area (Å²) in [4.78, 5) is 19.9. The van der Waals surface area contributed by atoms with Crippen LogP contribution < -0.4 is 10.1 Å². The summed E-state index contributed by atoms with van der Waals surface area (Å²) >= 11 is 6.09. The van der Waals surface area contributed by atoms with Crippen LogP contribution in [-0.2, 0) is 11.2 Å². The number of amides is 1. The van der Waals surface area contributed by atoms with E-state index < -0.39 is 0 Å². The van der Waals surface area contributed by atoms with Gasteiger partial charge in [0, 0.05) is 11.1 Å². The molecule has 0 saturated heterocycles. The highest BCUT2D eigenvalue weighted by Crippen LogP contribution is 2.31. The van der Waals surface area contributed by atoms with Gasteiger partial charge in [-0.15, -0.1) is 0 Å². The summed E-state index contributed by atoms with van der Waals surface area (Å²) in [5.41, 5.74) is 4.22. The van der Waals surface area contributed by atoms with Gasteiger partial charge in [-0.1, -0.05) is 17.7 Å². The molecule has 124 valence electrons. The lowest BCUT2D eigenvalue weighted by molar-refractivity contribution is -0.115. The van der Waals surface area contributed by atoms with E-state index in [1.165, 1.54) is 0 Å². The van der Waals surface area contributed by atoms with Crippen molar-refractivity contribution in [2.75, 3.05) is 12.4 Å². The van der Waals surface area contributed by atoms with Gasteiger partial charge in [-0.05, 0) is 43.2 Å². The van der Waals surface area contributed by atoms with E-state index in [-0.39, 0.29) is 12.3 Å². The molecule has 0 bridgehead atoms. The van der Waals surface area contributed by atoms with E-state index in [4.69, 9.17) is 16.3 Å². The van der Waals surface area contributed by atoms with Crippen molar-refractivity contribution in [1.29, 1.82) is 0 Å². The minimum Gasteiger partial charge on any atom is -0.495 e. The Morgan fingerprint density at radius 2 is 2.08 bits per heavy atom. The van der Waals surface area contributed by atoms with E-state index in [0.717, 1.165) is 28.0 Å². The van der Waals surface area contributed by atoms with Crippen LogP contribution in [0.25, 0.3) is 11.0 Å². The molecule has 0 unspecified atom stereocenters. The van der Waals surface area contributed by atoms with Gasteiger partial charge in [0.2, 0.25) is 5.91 Å². The second kappa shape index (κ2) is 6.53. The number of benzene rings is 2. The van der Waals surface area contributed by atoms with E-state index in [9.17, 15) is 4.79 Å². The molecule has 2 aromatic carbocycles. The molecule has 2 N–H and O–H groups in total. The number of halogens is 1. The zero-order valence-corrected chi connectivity index (χ0v) is 14.5. The third-order valence-corrected chi connectivity index (χ3v) is 4.19. The summed E-state index contributed by atoms with van der Waals surface area (Å²) < 4.78 is 5.28. The van der Waals surface area contributed by atoms with Crippen molar-refractivity contribution in [3.63, 3.8) is 0 Å². The summed E-state index contributed by atoms with van der Waals surface area (Å²) in [7, 11) is 1.55. The molecule has 0 aliphatic heterocycles. The number of aromatic amines is 1. The zero-order chi connectivity index (χ0) is 17.3. The van der Waals surface area contributed by atoms with Crippen LogP contribution in [0.4, 0.5) is 5.69 Å².